The van der Waals surface area contributed by atoms with Gasteiger partial charge in [0.15, 0.2) is 0 Å². The topological polar surface area (TPSA) is 35.1 Å². The van der Waals surface area contributed by atoms with E-state index < -0.39 is 11.4 Å². The van der Waals surface area contributed by atoms with Crippen LogP contribution in [0.4, 0.5) is 0 Å². The van der Waals surface area contributed by atoms with Gasteiger partial charge in [0.2, 0.25) is 0 Å². The lowest BCUT2D eigenvalue weighted by Crippen LogP contribution is -2.40. The van der Waals surface area contributed by atoms with Crippen LogP contribution in [-0.2, 0) is 11.4 Å². The van der Waals surface area contributed by atoms with Crippen LogP contribution in [0.3, 0.4) is 0 Å². The molecule has 0 spiro atoms. The van der Waals surface area contributed by atoms with Crippen LogP contribution in [-0.4, -0.2) is 15.8 Å². The van der Waals surface area contributed by atoms with Gasteiger partial charge in [0.05, 0.1) is 0 Å². The third kappa shape index (κ3) is 3.88. The average molecular weight is 203 g/mol. The number of rotatable bonds is 4. The summed E-state index contributed by atoms with van der Waals surface area (Å²) in [6, 6.07) is 0. The molecule has 0 aromatic carbocycles. The molecule has 1 fully saturated rings. The molecule has 78 valence electrons. The van der Waals surface area contributed by atoms with Gasteiger partial charge in [0.1, 0.15) is 4.75 Å². The maximum absolute atomic E-state index is 11.6. The maximum atomic E-state index is 11.6. The van der Waals surface area contributed by atoms with Crippen molar-refractivity contribution in [1.82, 2.24) is 4.72 Å². The van der Waals surface area contributed by atoms with Crippen molar-refractivity contribution < 1.29 is 4.55 Å². The van der Waals surface area contributed by atoms with Crippen molar-refractivity contribution >= 4 is 11.4 Å². The summed E-state index contributed by atoms with van der Waals surface area (Å²) >= 11 is -0.882. The molecule has 0 heterocycles. The minimum absolute atomic E-state index is 0.125. The first-order valence-corrected chi connectivity index (χ1v) is 6.30. The minimum atomic E-state index is -0.882. The Morgan fingerprint density at radius 1 is 1.38 bits per heavy atom. The first kappa shape index (κ1) is 11.3. The minimum Gasteiger partial charge on any atom is -0.598 e. The van der Waals surface area contributed by atoms with Crippen molar-refractivity contribution in [2.45, 2.75) is 51.2 Å². The molecular weight excluding hydrogens is 182 g/mol. The third-order valence-corrected chi connectivity index (χ3v) is 4.15. The van der Waals surface area contributed by atoms with Crippen molar-refractivity contribution in [3.05, 3.63) is 0 Å². The lowest BCUT2D eigenvalue weighted by atomic mass is 9.83. The van der Waals surface area contributed by atoms with Crippen molar-refractivity contribution in [2.75, 3.05) is 6.54 Å². The van der Waals surface area contributed by atoms with Crippen LogP contribution in [0, 0.1) is 5.92 Å². The molecule has 0 amide bonds. The molecule has 3 heteroatoms. The van der Waals surface area contributed by atoms with E-state index in [0.717, 1.165) is 12.5 Å². The van der Waals surface area contributed by atoms with E-state index in [1.807, 2.05) is 20.8 Å². The van der Waals surface area contributed by atoms with Gasteiger partial charge < -0.3 is 4.55 Å². The van der Waals surface area contributed by atoms with Crippen LogP contribution in [0.15, 0.2) is 0 Å². The lowest BCUT2D eigenvalue weighted by Gasteiger charge is -2.27. The highest BCUT2D eigenvalue weighted by molar-refractivity contribution is 7.90. The molecule has 1 aliphatic carbocycles. The van der Waals surface area contributed by atoms with Gasteiger partial charge in [0.25, 0.3) is 0 Å². The van der Waals surface area contributed by atoms with E-state index in [2.05, 4.69) is 4.72 Å². The molecule has 1 aliphatic rings. The van der Waals surface area contributed by atoms with Gasteiger partial charge in [-0.2, -0.15) is 0 Å². The second kappa shape index (κ2) is 4.67. The number of nitrogens with one attached hydrogen (secondary N) is 1. The molecule has 0 radical (unpaired) electrons. The predicted octanol–water partition coefficient (Wildman–Crippen LogP) is 2.23. The zero-order chi connectivity index (χ0) is 9.90. The molecule has 1 rings (SSSR count). The summed E-state index contributed by atoms with van der Waals surface area (Å²) in [7, 11) is 0. The normalized spacial score (nSPS) is 21.2. The summed E-state index contributed by atoms with van der Waals surface area (Å²) < 4.78 is 14.5. The van der Waals surface area contributed by atoms with Gasteiger partial charge in [-0.25, -0.2) is 0 Å². The van der Waals surface area contributed by atoms with Crippen LogP contribution >= 0.6 is 0 Å². The second-order valence-corrected chi connectivity index (χ2v) is 6.91. The molecule has 0 aliphatic heterocycles. The molecule has 1 N–H and O–H groups in total. The van der Waals surface area contributed by atoms with E-state index in [4.69, 9.17) is 0 Å². The predicted molar refractivity (Wildman–Crippen MR) is 57.9 cm³/mol. The Labute approximate surface area is 84.8 Å². The summed E-state index contributed by atoms with van der Waals surface area (Å²) in [5, 5.41) is 0. The summed E-state index contributed by atoms with van der Waals surface area (Å²) in [6.45, 7) is 6.91. The first-order valence-electron chi connectivity index (χ1n) is 5.15. The van der Waals surface area contributed by atoms with Gasteiger partial charge in [-0.3, -0.25) is 0 Å². The maximum Gasteiger partial charge on any atom is 0.136 e. The van der Waals surface area contributed by atoms with E-state index in [1.165, 1.54) is 25.7 Å². The highest BCUT2D eigenvalue weighted by Gasteiger charge is 2.26. The standard InChI is InChI=1S/C10H21NOS/c1-10(2,3)13(12)11-8-7-9-5-4-6-9/h9,11H,4-8H2,1-3H3/t13-/m0/s1. The van der Waals surface area contributed by atoms with Crippen LogP contribution in [0.2, 0.25) is 0 Å². The Morgan fingerprint density at radius 2 is 2.00 bits per heavy atom. The van der Waals surface area contributed by atoms with Crippen LogP contribution in [0.1, 0.15) is 46.5 Å². The smallest absolute Gasteiger partial charge is 0.136 e. The summed E-state index contributed by atoms with van der Waals surface area (Å²) in [6.07, 6.45) is 5.35. The van der Waals surface area contributed by atoms with Crippen LogP contribution in [0.5, 0.6) is 0 Å². The van der Waals surface area contributed by atoms with Gasteiger partial charge in [-0.05, 0) is 33.1 Å². The zero-order valence-corrected chi connectivity index (χ0v) is 9.75. The first-order chi connectivity index (χ1) is 6.00. The largest absolute Gasteiger partial charge is 0.598 e. The van der Waals surface area contributed by atoms with Crippen molar-refractivity contribution in [3.8, 4) is 0 Å². The fraction of sp³-hybridized carbons (Fsp3) is 1.00. The number of hydrogen-bond acceptors (Lipinski definition) is 2. The fourth-order valence-corrected chi connectivity index (χ4v) is 2.09. The summed E-state index contributed by atoms with van der Waals surface area (Å²) in [5.41, 5.74) is 0. The lowest BCUT2D eigenvalue weighted by molar-refractivity contribution is 0.297. The molecule has 13 heavy (non-hydrogen) atoms. The van der Waals surface area contributed by atoms with Crippen molar-refractivity contribution in [1.29, 1.82) is 0 Å². The van der Waals surface area contributed by atoms with Crippen molar-refractivity contribution in [3.63, 3.8) is 0 Å². The Morgan fingerprint density at radius 3 is 2.38 bits per heavy atom. The number of hydrogen-bond donors (Lipinski definition) is 1. The van der Waals surface area contributed by atoms with Crippen LogP contribution in [0.25, 0.3) is 0 Å². The average Bonchev–Trinajstić information content (AvgIpc) is 1.91. The summed E-state index contributed by atoms with van der Waals surface area (Å²) in [5.74, 6) is 0.907. The second-order valence-electron chi connectivity index (χ2n) is 4.86. The molecule has 0 unspecified atom stereocenters. The molecule has 0 bridgehead atoms. The Balaban J connectivity index is 2.04. The highest BCUT2D eigenvalue weighted by atomic mass is 32.2. The SMILES string of the molecule is CC(C)(C)[S@+]([O-])NCCC1CCC1. The van der Waals surface area contributed by atoms with E-state index in [-0.39, 0.29) is 4.75 Å². The zero-order valence-electron chi connectivity index (χ0n) is 8.93. The molecule has 1 saturated carbocycles. The van der Waals surface area contributed by atoms with Gasteiger partial charge in [-0.15, -0.1) is 4.72 Å². The van der Waals surface area contributed by atoms with Gasteiger partial charge >= 0.3 is 0 Å². The molecule has 0 aromatic rings. The fourth-order valence-electron chi connectivity index (χ4n) is 1.35. The monoisotopic (exact) mass is 203 g/mol. The van der Waals surface area contributed by atoms with Crippen molar-refractivity contribution in [2.24, 2.45) is 5.92 Å². The molecule has 2 nitrogen and oxygen atoms in total. The Hall–Kier alpha value is 0.270. The molecule has 1 atom stereocenters. The van der Waals surface area contributed by atoms with Crippen LogP contribution < -0.4 is 4.72 Å². The molecule has 0 aromatic heterocycles. The van der Waals surface area contributed by atoms with Gasteiger partial charge in [-0.1, -0.05) is 19.3 Å². The summed E-state index contributed by atoms with van der Waals surface area (Å²) in [4.78, 5) is 0. The highest BCUT2D eigenvalue weighted by Crippen LogP contribution is 2.28. The van der Waals surface area contributed by atoms with E-state index >= 15 is 0 Å². The Kier molecular flexibility index (Phi) is 4.07. The van der Waals surface area contributed by atoms with E-state index in [9.17, 15) is 4.55 Å². The van der Waals surface area contributed by atoms with E-state index in [1.54, 1.807) is 0 Å². The van der Waals surface area contributed by atoms with E-state index in [0.29, 0.717) is 0 Å². The Bertz CT molecular complexity index is 151. The molecular formula is C10H21NOS. The van der Waals surface area contributed by atoms with Gasteiger partial charge in [0, 0.05) is 17.9 Å². The molecule has 0 saturated heterocycles. The quantitative estimate of drug-likeness (QED) is 0.711. The third-order valence-electron chi connectivity index (χ3n) is 2.57.